The molecule has 0 amide bonds. The molecule has 29 heavy (non-hydrogen) atoms. The van der Waals surface area contributed by atoms with Crippen molar-refractivity contribution in [3.05, 3.63) is 52.9 Å². The molecule has 0 radical (unpaired) electrons. The number of aryl methyl sites for hydroxylation is 1. The van der Waals surface area contributed by atoms with Gasteiger partial charge in [0.15, 0.2) is 0 Å². The molecule has 8 heteroatoms. The molecule has 6 nitrogen and oxygen atoms in total. The van der Waals surface area contributed by atoms with Crippen LogP contribution in [0.1, 0.15) is 30.1 Å². The van der Waals surface area contributed by atoms with E-state index in [1.165, 1.54) is 27.4 Å². The molecule has 1 fully saturated rings. The minimum Gasteiger partial charge on any atom is -0.385 e. The van der Waals surface area contributed by atoms with Gasteiger partial charge in [-0.2, -0.15) is 4.31 Å². The molecular weight excluding hydrogens is 408 g/mol. The van der Waals surface area contributed by atoms with E-state index in [1.54, 1.807) is 21.8 Å². The first-order valence-electron chi connectivity index (χ1n) is 10.3. The summed E-state index contributed by atoms with van der Waals surface area (Å²) in [5.41, 5.74) is 2.61. The molecule has 0 saturated carbocycles. The zero-order chi connectivity index (χ0) is 20.3. The average Bonchev–Trinajstić information content (AvgIpc) is 3.28. The number of piperazine rings is 1. The van der Waals surface area contributed by atoms with Crippen molar-refractivity contribution in [2.45, 2.75) is 35.7 Å². The van der Waals surface area contributed by atoms with Crippen molar-refractivity contribution in [2.24, 2.45) is 0 Å². The first kappa shape index (κ1) is 21.0. The number of nitrogens with zero attached hydrogens (tertiary/aromatic N) is 1. The summed E-state index contributed by atoms with van der Waals surface area (Å²) in [5.74, 6) is 0. The SMILES string of the molecule is O=S(=O)(c1cccs1)N1CC[NH+](C[C@H](O)CO[C@H]2CCCc3ccccc32)CC1. The molecule has 2 N–H and O–H groups in total. The van der Waals surface area contributed by atoms with Crippen LogP contribution in [0.2, 0.25) is 0 Å². The molecule has 1 aromatic heterocycles. The van der Waals surface area contributed by atoms with Gasteiger partial charge in [0.2, 0.25) is 0 Å². The van der Waals surface area contributed by atoms with Crippen molar-refractivity contribution in [1.29, 1.82) is 0 Å². The second kappa shape index (κ2) is 9.24. The lowest BCUT2D eigenvalue weighted by Crippen LogP contribution is -3.15. The van der Waals surface area contributed by atoms with E-state index in [4.69, 9.17) is 4.74 Å². The normalized spacial score (nSPS) is 22.3. The number of nitrogens with one attached hydrogen (secondary N) is 1. The highest BCUT2D eigenvalue weighted by atomic mass is 32.2. The quantitative estimate of drug-likeness (QED) is 0.680. The van der Waals surface area contributed by atoms with E-state index in [1.807, 2.05) is 6.07 Å². The number of hydrogen-bond acceptors (Lipinski definition) is 5. The number of thiophene rings is 1. The van der Waals surface area contributed by atoms with Gasteiger partial charge in [0.1, 0.15) is 16.9 Å². The van der Waals surface area contributed by atoms with Crippen LogP contribution in [-0.4, -0.2) is 63.3 Å². The molecule has 0 bridgehead atoms. The molecule has 1 aromatic carbocycles. The standard InChI is InChI=1S/C21H28N2O4S2/c24-18(16-27-20-8-3-6-17-5-1-2-7-19(17)20)15-22-10-12-23(13-11-22)29(25,26)21-9-4-14-28-21/h1-2,4-5,7,9,14,18,20,24H,3,6,8,10-13,15-16H2/p+1/t18-,20-/m0/s1. The fourth-order valence-electron chi connectivity index (χ4n) is 4.29. The van der Waals surface area contributed by atoms with Gasteiger partial charge in [0.05, 0.1) is 38.9 Å². The van der Waals surface area contributed by atoms with E-state index in [2.05, 4.69) is 18.2 Å². The highest BCUT2D eigenvalue weighted by Gasteiger charge is 2.32. The summed E-state index contributed by atoms with van der Waals surface area (Å²) in [7, 11) is -3.37. The molecule has 4 rings (SSSR count). The van der Waals surface area contributed by atoms with Crippen LogP contribution in [0.5, 0.6) is 0 Å². The maximum Gasteiger partial charge on any atom is 0.252 e. The number of fused-ring (bicyclic) bond motifs is 1. The number of quaternary nitrogens is 1. The van der Waals surface area contributed by atoms with Gasteiger partial charge in [-0.3, -0.25) is 0 Å². The van der Waals surface area contributed by atoms with Gasteiger partial charge in [-0.1, -0.05) is 30.3 Å². The Hall–Kier alpha value is -1.29. The molecule has 0 spiro atoms. The number of aliphatic hydroxyl groups is 1. The van der Waals surface area contributed by atoms with Gasteiger partial charge in [-0.15, -0.1) is 11.3 Å². The minimum absolute atomic E-state index is 0.0670. The van der Waals surface area contributed by atoms with E-state index in [0.717, 1.165) is 19.3 Å². The van der Waals surface area contributed by atoms with Crippen molar-refractivity contribution in [2.75, 3.05) is 39.3 Å². The summed E-state index contributed by atoms with van der Waals surface area (Å²) < 4.78 is 33.3. The lowest BCUT2D eigenvalue weighted by atomic mass is 9.89. The minimum atomic E-state index is -3.37. The first-order chi connectivity index (χ1) is 14.0. The van der Waals surface area contributed by atoms with Crippen LogP contribution in [0.25, 0.3) is 0 Å². The Kier molecular flexibility index (Phi) is 6.68. The van der Waals surface area contributed by atoms with Crippen LogP contribution in [0.15, 0.2) is 46.0 Å². The van der Waals surface area contributed by atoms with Gasteiger partial charge >= 0.3 is 0 Å². The van der Waals surface area contributed by atoms with Crippen LogP contribution in [0.3, 0.4) is 0 Å². The summed E-state index contributed by atoms with van der Waals surface area (Å²) in [4.78, 5) is 1.22. The van der Waals surface area contributed by atoms with Crippen molar-refractivity contribution in [3.63, 3.8) is 0 Å². The molecule has 2 atom stereocenters. The van der Waals surface area contributed by atoms with E-state index >= 15 is 0 Å². The number of sulfonamides is 1. The number of hydrogen-bond donors (Lipinski definition) is 2. The zero-order valence-electron chi connectivity index (χ0n) is 16.5. The molecular formula is C21H29N2O4S2+. The number of ether oxygens (including phenoxy) is 1. The van der Waals surface area contributed by atoms with Crippen molar-refractivity contribution >= 4 is 21.4 Å². The third kappa shape index (κ3) is 4.90. The van der Waals surface area contributed by atoms with Gasteiger partial charge in [-0.05, 0) is 41.8 Å². The van der Waals surface area contributed by atoms with Gasteiger partial charge < -0.3 is 14.7 Å². The zero-order valence-corrected chi connectivity index (χ0v) is 18.1. The van der Waals surface area contributed by atoms with Crippen LogP contribution >= 0.6 is 11.3 Å². The fourth-order valence-corrected chi connectivity index (χ4v) is 6.87. The summed E-state index contributed by atoms with van der Waals surface area (Å²) in [5, 5.41) is 12.3. The maximum absolute atomic E-state index is 12.6. The Labute approximate surface area is 176 Å². The lowest BCUT2D eigenvalue weighted by molar-refractivity contribution is -0.906. The van der Waals surface area contributed by atoms with Crippen LogP contribution in [-0.2, 0) is 21.2 Å². The third-order valence-corrected chi connectivity index (χ3v) is 9.12. The Bertz CT molecular complexity index is 893. The number of benzene rings is 1. The second-order valence-corrected chi connectivity index (χ2v) is 11.0. The van der Waals surface area contributed by atoms with Crippen LogP contribution in [0.4, 0.5) is 0 Å². The Balaban J connectivity index is 1.24. The first-order valence-corrected chi connectivity index (χ1v) is 12.6. The van der Waals surface area contributed by atoms with Gasteiger partial charge in [0.25, 0.3) is 10.0 Å². The summed E-state index contributed by atoms with van der Waals surface area (Å²) in [6.07, 6.45) is 2.73. The van der Waals surface area contributed by atoms with Gasteiger partial charge in [0, 0.05) is 0 Å². The predicted molar refractivity (Wildman–Crippen MR) is 113 cm³/mol. The summed E-state index contributed by atoms with van der Waals surface area (Å²) >= 11 is 1.26. The smallest absolute Gasteiger partial charge is 0.252 e. The van der Waals surface area contributed by atoms with E-state index in [9.17, 15) is 13.5 Å². The highest BCUT2D eigenvalue weighted by molar-refractivity contribution is 7.91. The predicted octanol–water partition coefficient (Wildman–Crippen LogP) is 1.09. The highest BCUT2D eigenvalue weighted by Crippen LogP contribution is 2.32. The Morgan fingerprint density at radius 3 is 2.76 bits per heavy atom. The molecule has 158 valence electrons. The number of rotatable bonds is 7. The maximum atomic E-state index is 12.6. The largest absolute Gasteiger partial charge is 0.385 e. The van der Waals surface area contributed by atoms with E-state index in [-0.39, 0.29) is 6.10 Å². The average molecular weight is 438 g/mol. The van der Waals surface area contributed by atoms with Crippen molar-refractivity contribution < 1.29 is 23.2 Å². The fraction of sp³-hybridized carbons (Fsp3) is 0.524. The lowest BCUT2D eigenvalue weighted by Gasteiger charge is -2.32. The monoisotopic (exact) mass is 437 g/mol. The molecule has 2 aliphatic rings. The van der Waals surface area contributed by atoms with Gasteiger partial charge in [-0.25, -0.2) is 8.42 Å². The summed E-state index contributed by atoms with van der Waals surface area (Å²) in [6.45, 7) is 3.28. The third-order valence-electron chi connectivity index (χ3n) is 5.85. The topological polar surface area (TPSA) is 71.3 Å². The van der Waals surface area contributed by atoms with Crippen molar-refractivity contribution in [1.82, 2.24) is 4.31 Å². The van der Waals surface area contributed by atoms with E-state index in [0.29, 0.717) is 43.5 Å². The molecule has 1 aliphatic carbocycles. The molecule has 2 heterocycles. The van der Waals surface area contributed by atoms with Crippen molar-refractivity contribution in [3.8, 4) is 0 Å². The molecule has 0 unspecified atom stereocenters. The molecule has 1 saturated heterocycles. The second-order valence-electron chi connectivity index (χ2n) is 7.86. The van der Waals surface area contributed by atoms with Crippen LogP contribution < -0.4 is 4.90 Å². The van der Waals surface area contributed by atoms with Crippen LogP contribution in [0, 0.1) is 0 Å². The van der Waals surface area contributed by atoms with E-state index < -0.39 is 16.1 Å². The Morgan fingerprint density at radius 2 is 2.00 bits per heavy atom. The molecule has 1 aliphatic heterocycles. The summed E-state index contributed by atoms with van der Waals surface area (Å²) in [6, 6.07) is 11.8. The number of aliphatic hydroxyl groups excluding tert-OH is 1. The Morgan fingerprint density at radius 1 is 1.21 bits per heavy atom. The molecule has 2 aromatic rings.